The minimum atomic E-state index is -0.245. The maximum absolute atomic E-state index is 10.8. The largest absolute Gasteiger partial charge is 0.391 e. The fourth-order valence-electron chi connectivity index (χ4n) is 5.40. The standard InChI is InChI=1S/C16H23N3O/c20-14(9-18-15-1-2-17-10-19-15)16-6-11-3-12(7-16)5-13(4-11)8-16/h1-2,10-14,20H,3-9H2,(H,17,18,19)/t11?,12?,13?,14-,16?/m0/s1. The molecule has 0 spiro atoms. The monoisotopic (exact) mass is 273 g/mol. The Morgan fingerprint density at radius 1 is 1.20 bits per heavy atom. The molecule has 1 heterocycles. The molecule has 2 N–H and O–H groups in total. The van der Waals surface area contributed by atoms with Gasteiger partial charge in [-0.2, -0.15) is 0 Å². The Morgan fingerprint density at radius 2 is 1.85 bits per heavy atom. The first-order valence-electron chi connectivity index (χ1n) is 7.91. The summed E-state index contributed by atoms with van der Waals surface area (Å²) in [6, 6.07) is 1.85. The lowest BCUT2D eigenvalue weighted by atomic mass is 9.48. The molecule has 4 heteroatoms. The van der Waals surface area contributed by atoms with Crippen LogP contribution in [0.2, 0.25) is 0 Å². The first kappa shape index (κ1) is 12.6. The number of rotatable bonds is 4. The van der Waals surface area contributed by atoms with Gasteiger partial charge >= 0.3 is 0 Å². The number of hydrogen-bond acceptors (Lipinski definition) is 4. The van der Waals surface area contributed by atoms with Crippen LogP contribution in [0.25, 0.3) is 0 Å². The van der Waals surface area contributed by atoms with Crippen molar-refractivity contribution in [2.24, 2.45) is 23.2 Å². The molecule has 1 aromatic rings. The molecule has 108 valence electrons. The fourth-order valence-corrected chi connectivity index (χ4v) is 5.40. The summed E-state index contributed by atoms with van der Waals surface area (Å²) in [4.78, 5) is 8.08. The molecular formula is C16H23N3O. The highest BCUT2D eigenvalue weighted by Gasteiger charge is 2.53. The van der Waals surface area contributed by atoms with E-state index < -0.39 is 0 Å². The minimum Gasteiger partial charge on any atom is -0.391 e. The molecule has 4 aliphatic rings. The third-order valence-corrected chi connectivity index (χ3v) is 5.85. The van der Waals surface area contributed by atoms with Crippen molar-refractivity contribution in [1.29, 1.82) is 0 Å². The Labute approximate surface area is 120 Å². The van der Waals surface area contributed by atoms with E-state index in [9.17, 15) is 5.11 Å². The van der Waals surface area contributed by atoms with Gasteiger partial charge in [0.15, 0.2) is 0 Å². The maximum atomic E-state index is 10.8. The van der Waals surface area contributed by atoms with Crippen LogP contribution in [0.5, 0.6) is 0 Å². The van der Waals surface area contributed by atoms with Crippen LogP contribution in [0, 0.1) is 23.2 Å². The topological polar surface area (TPSA) is 58.0 Å². The number of aliphatic hydroxyl groups excluding tert-OH is 1. The molecular weight excluding hydrogens is 250 g/mol. The third-order valence-electron chi connectivity index (χ3n) is 5.85. The van der Waals surface area contributed by atoms with Gasteiger partial charge in [-0.1, -0.05) is 0 Å². The van der Waals surface area contributed by atoms with E-state index in [2.05, 4.69) is 15.3 Å². The van der Waals surface area contributed by atoms with E-state index in [0.717, 1.165) is 23.6 Å². The molecule has 20 heavy (non-hydrogen) atoms. The van der Waals surface area contributed by atoms with E-state index in [1.807, 2.05) is 6.07 Å². The van der Waals surface area contributed by atoms with Crippen LogP contribution in [0.1, 0.15) is 38.5 Å². The van der Waals surface area contributed by atoms with Gasteiger partial charge in [0.1, 0.15) is 12.1 Å². The number of hydrogen-bond donors (Lipinski definition) is 2. The Balaban J connectivity index is 1.44. The number of aromatic nitrogens is 2. The molecule has 4 fully saturated rings. The number of nitrogens with zero attached hydrogens (tertiary/aromatic N) is 2. The van der Waals surface area contributed by atoms with E-state index in [4.69, 9.17) is 0 Å². The zero-order valence-electron chi connectivity index (χ0n) is 11.8. The Hall–Kier alpha value is -1.16. The SMILES string of the molecule is O[C@@H](CNc1ccncn1)C12CC3CC(CC(C3)C1)C2. The smallest absolute Gasteiger partial charge is 0.129 e. The summed E-state index contributed by atoms with van der Waals surface area (Å²) in [6.45, 7) is 0.614. The second-order valence-electron chi connectivity index (χ2n) is 7.27. The van der Waals surface area contributed by atoms with Crippen LogP contribution in [-0.2, 0) is 0 Å². The van der Waals surface area contributed by atoms with Crippen LogP contribution in [0.4, 0.5) is 5.82 Å². The zero-order chi connectivity index (χ0) is 13.6. The van der Waals surface area contributed by atoms with Crippen LogP contribution >= 0.6 is 0 Å². The van der Waals surface area contributed by atoms with Gasteiger partial charge in [-0.05, 0) is 67.8 Å². The highest BCUT2D eigenvalue weighted by molar-refractivity contribution is 5.31. The van der Waals surface area contributed by atoms with Crippen molar-refractivity contribution in [2.45, 2.75) is 44.6 Å². The van der Waals surface area contributed by atoms with Crippen LogP contribution < -0.4 is 5.32 Å². The summed E-state index contributed by atoms with van der Waals surface area (Å²) >= 11 is 0. The van der Waals surface area contributed by atoms with Gasteiger partial charge in [0.25, 0.3) is 0 Å². The molecule has 0 amide bonds. The normalized spacial score (nSPS) is 39.8. The lowest BCUT2D eigenvalue weighted by Crippen LogP contribution is -2.53. The summed E-state index contributed by atoms with van der Waals surface area (Å²) in [5, 5.41) is 14.0. The molecule has 0 aliphatic heterocycles. The molecule has 4 nitrogen and oxygen atoms in total. The van der Waals surface area contributed by atoms with Gasteiger partial charge in [-0.3, -0.25) is 0 Å². The van der Waals surface area contributed by atoms with Gasteiger partial charge in [-0.25, -0.2) is 9.97 Å². The van der Waals surface area contributed by atoms with E-state index in [-0.39, 0.29) is 11.5 Å². The van der Waals surface area contributed by atoms with E-state index in [1.165, 1.54) is 38.5 Å². The molecule has 0 unspecified atom stereocenters. The summed E-state index contributed by atoms with van der Waals surface area (Å²) in [7, 11) is 0. The predicted molar refractivity (Wildman–Crippen MR) is 77.1 cm³/mol. The van der Waals surface area contributed by atoms with Crippen molar-refractivity contribution in [3.63, 3.8) is 0 Å². The van der Waals surface area contributed by atoms with Crippen molar-refractivity contribution >= 4 is 5.82 Å². The molecule has 1 atom stereocenters. The number of aliphatic hydroxyl groups is 1. The molecule has 4 aliphatic carbocycles. The number of anilines is 1. The summed E-state index contributed by atoms with van der Waals surface area (Å²) in [5.41, 5.74) is 0.189. The Kier molecular flexibility index (Phi) is 2.95. The van der Waals surface area contributed by atoms with E-state index in [1.54, 1.807) is 12.5 Å². The van der Waals surface area contributed by atoms with Crippen LogP contribution in [0.3, 0.4) is 0 Å². The molecule has 5 rings (SSSR count). The molecule has 0 aromatic carbocycles. The van der Waals surface area contributed by atoms with Gasteiger partial charge < -0.3 is 10.4 Å². The summed E-state index contributed by atoms with van der Waals surface area (Å²) < 4.78 is 0. The van der Waals surface area contributed by atoms with E-state index in [0.29, 0.717) is 6.54 Å². The second kappa shape index (κ2) is 4.69. The molecule has 1 aromatic heterocycles. The van der Waals surface area contributed by atoms with Crippen molar-refractivity contribution < 1.29 is 5.11 Å². The lowest BCUT2D eigenvalue weighted by Gasteiger charge is -2.58. The first-order chi connectivity index (χ1) is 9.73. The zero-order valence-corrected chi connectivity index (χ0v) is 11.8. The van der Waals surface area contributed by atoms with E-state index >= 15 is 0 Å². The maximum Gasteiger partial charge on any atom is 0.129 e. The Bertz CT molecular complexity index is 441. The van der Waals surface area contributed by atoms with Crippen molar-refractivity contribution in [1.82, 2.24) is 9.97 Å². The average molecular weight is 273 g/mol. The van der Waals surface area contributed by atoms with Crippen LogP contribution in [0.15, 0.2) is 18.6 Å². The van der Waals surface area contributed by atoms with Crippen molar-refractivity contribution in [3.05, 3.63) is 18.6 Å². The lowest BCUT2D eigenvalue weighted by molar-refractivity contribution is -0.115. The predicted octanol–water partition coefficient (Wildman–Crippen LogP) is 2.47. The van der Waals surface area contributed by atoms with Crippen LogP contribution in [-0.4, -0.2) is 27.7 Å². The first-order valence-corrected chi connectivity index (χ1v) is 7.91. The number of nitrogens with one attached hydrogen (secondary N) is 1. The minimum absolute atomic E-state index is 0.189. The summed E-state index contributed by atoms with van der Waals surface area (Å²) in [5.74, 6) is 3.46. The van der Waals surface area contributed by atoms with Gasteiger partial charge in [0, 0.05) is 12.7 Å². The average Bonchev–Trinajstić information content (AvgIpc) is 2.44. The Morgan fingerprint density at radius 3 is 2.40 bits per heavy atom. The molecule has 0 saturated heterocycles. The van der Waals surface area contributed by atoms with Crippen molar-refractivity contribution in [2.75, 3.05) is 11.9 Å². The van der Waals surface area contributed by atoms with Gasteiger partial charge in [0.05, 0.1) is 6.10 Å². The highest BCUT2D eigenvalue weighted by Crippen LogP contribution is 2.61. The fraction of sp³-hybridized carbons (Fsp3) is 0.750. The third kappa shape index (κ3) is 2.10. The highest BCUT2D eigenvalue weighted by atomic mass is 16.3. The van der Waals surface area contributed by atoms with Gasteiger partial charge in [0.2, 0.25) is 0 Å². The quantitative estimate of drug-likeness (QED) is 0.885. The second-order valence-corrected chi connectivity index (χ2v) is 7.27. The molecule has 0 radical (unpaired) electrons. The molecule has 4 bridgehead atoms. The summed E-state index contributed by atoms with van der Waals surface area (Å²) in [6.07, 6.45) is 11.0. The molecule has 4 saturated carbocycles. The van der Waals surface area contributed by atoms with Gasteiger partial charge in [-0.15, -0.1) is 0 Å². The van der Waals surface area contributed by atoms with Crippen molar-refractivity contribution in [3.8, 4) is 0 Å².